The third kappa shape index (κ3) is 3.06. The van der Waals surface area contributed by atoms with Gasteiger partial charge in [-0.2, -0.15) is 0 Å². The van der Waals surface area contributed by atoms with E-state index in [0.29, 0.717) is 22.1 Å². The number of sulfonamides is 1. The fraction of sp³-hybridized carbons (Fsp3) is 0.182. The van der Waals surface area contributed by atoms with Crippen LogP contribution in [-0.2, 0) is 16.6 Å². The highest BCUT2D eigenvalue weighted by Crippen LogP contribution is 2.25. The van der Waals surface area contributed by atoms with Gasteiger partial charge in [0.15, 0.2) is 0 Å². The van der Waals surface area contributed by atoms with E-state index < -0.39 is 10.0 Å². The van der Waals surface area contributed by atoms with Crippen LogP contribution in [0.2, 0.25) is 5.02 Å². The third-order valence-corrected chi connectivity index (χ3v) is 4.43. The highest BCUT2D eigenvalue weighted by molar-refractivity contribution is 7.89. The Bertz CT molecular complexity index is 660. The molecule has 102 valence electrons. The minimum absolute atomic E-state index is 0.0344. The molecule has 0 radical (unpaired) electrons. The maximum atomic E-state index is 12.1. The predicted octanol–water partition coefficient (Wildman–Crippen LogP) is 1.43. The molecule has 0 aliphatic heterocycles. The maximum Gasteiger partial charge on any atom is 0.241 e. The van der Waals surface area contributed by atoms with Gasteiger partial charge in [-0.15, -0.1) is 0 Å². The number of nitrogens with one attached hydrogen (secondary N) is 2. The summed E-state index contributed by atoms with van der Waals surface area (Å²) in [5.74, 6) is 0.523. The second-order valence-corrected chi connectivity index (χ2v) is 6.15. The molecule has 8 heteroatoms. The lowest BCUT2D eigenvalue weighted by molar-refractivity contribution is 0.579. The van der Waals surface area contributed by atoms with Crippen molar-refractivity contribution in [1.82, 2.24) is 14.7 Å². The van der Waals surface area contributed by atoms with E-state index in [1.165, 1.54) is 12.1 Å². The Kier molecular flexibility index (Phi) is 3.79. The molecule has 0 spiro atoms. The normalized spacial score (nSPS) is 11.7. The molecule has 0 amide bonds. The summed E-state index contributed by atoms with van der Waals surface area (Å²) in [6.45, 7) is 1.80. The first-order valence-electron chi connectivity index (χ1n) is 5.43. The van der Waals surface area contributed by atoms with E-state index in [2.05, 4.69) is 14.7 Å². The zero-order valence-corrected chi connectivity index (χ0v) is 11.7. The number of nitrogen functional groups attached to an aromatic ring is 1. The molecule has 0 aliphatic carbocycles. The van der Waals surface area contributed by atoms with Gasteiger partial charge in [0, 0.05) is 23.1 Å². The van der Waals surface area contributed by atoms with Crippen LogP contribution in [0.25, 0.3) is 0 Å². The summed E-state index contributed by atoms with van der Waals surface area (Å²) in [6, 6.07) is 2.75. The lowest BCUT2D eigenvalue weighted by Crippen LogP contribution is -2.24. The van der Waals surface area contributed by atoms with E-state index in [1.54, 1.807) is 19.3 Å². The monoisotopic (exact) mass is 300 g/mol. The van der Waals surface area contributed by atoms with Gasteiger partial charge in [-0.3, -0.25) is 0 Å². The van der Waals surface area contributed by atoms with Crippen molar-refractivity contribution in [2.75, 3.05) is 5.73 Å². The van der Waals surface area contributed by atoms with Gasteiger partial charge in [0.2, 0.25) is 10.0 Å². The van der Waals surface area contributed by atoms with Gasteiger partial charge >= 0.3 is 0 Å². The van der Waals surface area contributed by atoms with Crippen molar-refractivity contribution in [2.24, 2.45) is 0 Å². The second-order valence-electron chi connectivity index (χ2n) is 3.98. The summed E-state index contributed by atoms with van der Waals surface area (Å²) in [4.78, 5) is 6.77. The first-order chi connectivity index (χ1) is 8.90. The van der Waals surface area contributed by atoms with E-state index >= 15 is 0 Å². The van der Waals surface area contributed by atoms with Crippen molar-refractivity contribution in [3.63, 3.8) is 0 Å². The number of halogens is 1. The fourth-order valence-electron chi connectivity index (χ4n) is 1.47. The predicted molar refractivity (Wildman–Crippen MR) is 73.2 cm³/mol. The summed E-state index contributed by atoms with van der Waals surface area (Å²) in [5.41, 5.74) is 6.71. The molecular weight excluding hydrogens is 288 g/mol. The van der Waals surface area contributed by atoms with Crippen LogP contribution in [0.5, 0.6) is 0 Å². The molecule has 6 nitrogen and oxygen atoms in total. The van der Waals surface area contributed by atoms with E-state index in [0.717, 1.165) is 0 Å². The molecule has 2 aromatic rings. The summed E-state index contributed by atoms with van der Waals surface area (Å²) in [6.07, 6.45) is 3.16. The van der Waals surface area contributed by atoms with Crippen molar-refractivity contribution in [1.29, 1.82) is 0 Å². The highest BCUT2D eigenvalue weighted by Gasteiger charge is 2.17. The SMILES string of the molecule is Cc1c(N)cc(S(=O)(=O)NCc2ncc[nH]2)cc1Cl. The Labute approximate surface area is 116 Å². The Hall–Kier alpha value is -1.57. The van der Waals surface area contributed by atoms with Gasteiger partial charge in [-0.1, -0.05) is 11.6 Å². The number of imidazole rings is 1. The van der Waals surface area contributed by atoms with E-state index in [1.807, 2.05) is 0 Å². The van der Waals surface area contributed by atoms with Crippen LogP contribution in [0, 0.1) is 6.92 Å². The number of nitrogens with zero attached hydrogens (tertiary/aromatic N) is 1. The molecule has 0 bridgehead atoms. The minimum Gasteiger partial charge on any atom is -0.398 e. The van der Waals surface area contributed by atoms with Crippen molar-refractivity contribution in [3.8, 4) is 0 Å². The summed E-state index contributed by atoms with van der Waals surface area (Å²) in [7, 11) is -3.67. The lowest BCUT2D eigenvalue weighted by atomic mass is 10.2. The van der Waals surface area contributed by atoms with Gasteiger partial charge in [-0.05, 0) is 24.6 Å². The fourth-order valence-corrected chi connectivity index (χ4v) is 2.81. The number of nitrogens with two attached hydrogens (primary N) is 1. The molecule has 0 saturated carbocycles. The number of hydrogen-bond acceptors (Lipinski definition) is 4. The Morgan fingerprint density at radius 3 is 2.79 bits per heavy atom. The highest BCUT2D eigenvalue weighted by atomic mass is 35.5. The molecule has 19 heavy (non-hydrogen) atoms. The number of H-pyrrole nitrogens is 1. The molecule has 0 saturated heterocycles. The van der Waals surface area contributed by atoms with Gasteiger partial charge < -0.3 is 10.7 Å². The van der Waals surface area contributed by atoms with E-state index in [-0.39, 0.29) is 11.4 Å². The molecule has 2 rings (SSSR count). The van der Waals surface area contributed by atoms with Crippen molar-refractivity contribution in [3.05, 3.63) is 40.9 Å². The smallest absolute Gasteiger partial charge is 0.241 e. The first-order valence-corrected chi connectivity index (χ1v) is 7.30. The molecule has 0 aliphatic rings. The molecule has 1 heterocycles. The van der Waals surface area contributed by atoms with Crippen LogP contribution in [0.1, 0.15) is 11.4 Å². The zero-order chi connectivity index (χ0) is 14.0. The van der Waals surface area contributed by atoms with E-state index in [4.69, 9.17) is 17.3 Å². The minimum atomic E-state index is -3.67. The van der Waals surface area contributed by atoms with Crippen molar-refractivity contribution >= 4 is 27.3 Å². The average Bonchev–Trinajstić information content (AvgIpc) is 2.86. The number of anilines is 1. The zero-order valence-electron chi connectivity index (χ0n) is 10.1. The van der Waals surface area contributed by atoms with Crippen molar-refractivity contribution in [2.45, 2.75) is 18.4 Å². The van der Waals surface area contributed by atoms with E-state index in [9.17, 15) is 8.42 Å². The Morgan fingerprint density at radius 2 is 2.21 bits per heavy atom. The summed E-state index contributed by atoms with van der Waals surface area (Å²) < 4.78 is 26.6. The number of aromatic nitrogens is 2. The Morgan fingerprint density at radius 1 is 1.47 bits per heavy atom. The molecule has 1 aromatic heterocycles. The van der Waals surface area contributed by atoms with Crippen LogP contribution < -0.4 is 10.5 Å². The molecule has 0 atom stereocenters. The van der Waals surface area contributed by atoms with Gasteiger partial charge in [0.05, 0.1) is 11.4 Å². The molecule has 1 aromatic carbocycles. The van der Waals surface area contributed by atoms with Crippen LogP contribution >= 0.6 is 11.6 Å². The number of rotatable bonds is 4. The maximum absolute atomic E-state index is 12.1. The van der Waals surface area contributed by atoms with Gasteiger partial charge in [-0.25, -0.2) is 18.1 Å². The number of benzene rings is 1. The standard InChI is InChI=1S/C11H13ClN4O2S/c1-7-9(12)4-8(5-10(7)13)19(17,18)16-6-11-14-2-3-15-11/h2-5,16H,6,13H2,1H3,(H,14,15). The first kappa shape index (κ1) is 13.9. The Balaban J connectivity index is 2.24. The summed E-state index contributed by atoms with van der Waals surface area (Å²) in [5, 5.41) is 0.318. The van der Waals surface area contributed by atoms with Crippen LogP contribution in [0.3, 0.4) is 0 Å². The van der Waals surface area contributed by atoms with Gasteiger partial charge in [0.25, 0.3) is 0 Å². The average molecular weight is 301 g/mol. The van der Waals surface area contributed by atoms with Crippen LogP contribution in [0.15, 0.2) is 29.4 Å². The van der Waals surface area contributed by atoms with Crippen LogP contribution in [-0.4, -0.2) is 18.4 Å². The molecule has 4 N–H and O–H groups in total. The third-order valence-electron chi connectivity index (χ3n) is 2.65. The quantitative estimate of drug-likeness (QED) is 0.744. The lowest BCUT2D eigenvalue weighted by Gasteiger charge is -2.09. The number of hydrogen-bond donors (Lipinski definition) is 3. The number of aromatic amines is 1. The summed E-state index contributed by atoms with van der Waals surface area (Å²) >= 11 is 5.93. The molecule has 0 fully saturated rings. The topological polar surface area (TPSA) is 101 Å². The van der Waals surface area contributed by atoms with Crippen molar-refractivity contribution < 1.29 is 8.42 Å². The van der Waals surface area contributed by atoms with Gasteiger partial charge in [0.1, 0.15) is 5.82 Å². The molecule has 0 unspecified atom stereocenters. The molecular formula is C11H13ClN4O2S. The largest absolute Gasteiger partial charge is 0.398 e. The second kappa shape index (κ2) is 5.20. The van der Waals surface area contributed by atoms with Crippen LogP contribution in [0.4, 0.5) is 5.69 Å².